The first kappa shape index (κ1) is 18.0. The molecule has 0 amide bonds. The lowest BCUT2D eigenvalue weighted by atomic mass is 9.76. The van der Waals surface area contributed by atoms with Gasteiger partial charge in [-0.2, -0.15) is 0 Å². The van der Waals surface area contributed by atoms with Gasteiger partial charge in [-0.25, -0.2) is 0 Å². The van der Waals surface area contributed by atoms with Crippen LogP contribution in [0.5, 0.6) is 0 Å². The summed E-state index contributed by atoms with van der Waals surface area (Å²) in [5, 5.41) is 1.48. The zero-order valence-corrected chi connectivity index (χ0v) is 17.3. The topological polar surface area (TPSA) is 8.17 Å². The van der Waals surface area contributed by atoms with Crippen molar-refractivity contribution in [2.24, 2.45) is 5.92 Å². The molecule has 2 aliphatic rings. The number of para-hydroxylation sites is 1. The normalized spacial score (nSPS) is 24.9. The number of piperidine rings is 1. The Bertz CT molecular complexity index is 971. The Labute approximate surface area is 169 Å². The number of rotatable bonds is 4. The Kier molecular flexibility index (Phi) is 4.55. The highest BCUT2D eigenvalue weighted by molar-refractivity contribution is 5.86. The van der Waals surface area contributed by atoms with Crippen molar-refractivity contribution in [3.63, 3.8) is 0 Å². The third-order valence-electron chi connectivity index (χ3n) is 7.31. The van der Waals surface area contributed by atoms with Gasteiger partial charge >= 0.3 is 0 Å². The number of hydrogen-bond acceptors (Lipinski definition) is 1. The summed E-state index contributed by atoms with van der Waals surface area (Å²) >= 11 is 0. The Morgan fingerprint density at radius 1 is 1.04 bits per heavy atom. The van der Waals surface area contributed by atoms with Crippen LogP contribution in [0.15, 0.2) is 54.6 Å². The number of aromatic nitrogens is 1. The molecule has 0 bridgehead atoms. The second-order valence-electron chi connectivity index (χ2n) is 9.08. The number of nitrogens with zero attached hydrogens (tertiary/aromatic N) is 2. The highest BCUT2D eigenvalue weighted by Gasteiger charge is 2.45. The van der Waals surface area contributed by atoms with Gasteiger partial charge in [0.1, 0.15) is 0 Å². The van der Waals surface area contributed by atoms with Crippen LogP contribution in [-0.2, 0) is 18.5 Å². The summed E-state index contributed by atoms with van der Waals surface area (Å²) < 4.78 is 2.65. The average Bonchev–Trinajstić information content (AvgIpc) is 3.04. The Morgan fingerprint density at radius 2 is 1.82 bits per heavy atom. The van der Waals surface area contributed by atoms with Gasteiger partial charge in [-0.1, -0.05) is 61.9 Å². The highest BCUT2D eigenvalue weighted by atomic mass is 15.2. The van der Waals surface area contributed by atoms with Gasteiger partial charge in [0, 0.05) is 36.2 Å². The summed E-state index contributed by atoms with van der Waals surface area (Å²) in [7, 11) is 0. The molecule has 28 heavy (non-hydrogen) atoms. The molecule has 1 saturated heterocycles. The van der Waals surface area contributed by atoms with E-state index in [1.54, 1.807) is 11.3 Å². The van der Waals surface area contributed by atoms with Gasteiger partial charge in [0.2, 0.25) is 0 Å². The number of hydrogen-bond donors (Lipinski definition) is 0. The molecule has 2 aromatic carbocycles. The van der Waals surface area contributed by atoms with E-state index in [2.05, 4.69) is 77.9 Å². The van der Waals surface area contributed by atoms with Crippen LogP contribution in [-0.4, -0.2) is 22.6 Å². The molecule has 0 saturated carbocycles. The van der Waals surface area contributed by atoms with Crippen molar-refractivity contribution in [1.29, 1.82) is 0 Å². The maximum Gasteiger partial charge on any atom is 0.0588 e. The Balaban J connectivity index is 1.64. The molecule has 0 N–H and O–H groups in total. The van der Waals surface area contributed by atoms with E-state index in [0.717, 1.165) is 12.5 Å². The minimum atomic E-state index is 0.172. The lowest BCUT2D eigenvalue weighted by molar-refractivity contribution is 0.0129. The largest absolute Gasteiger partial charge is 0.338 e. The first-order valence-corrected chi connectivity index (χ1v) is 11.1. The quantitative estimate of drug-likeness (QED) is 0.547. The fourth-order valence-electron chi connectivity index (χ4n) is 5.92. The van der Waals surface area contributed by atoms with E-state index in [4.69, 9.17) is 0 Å². The van der Waals surface area contributed by atoms with Gasteiger partial charge in [-0.15, -0.1) is 0 Å². The maximum absolute atomic E-state index is 2.82. The van der Waals surface area contributed by atoms with Crippen molar-refractivity contribution in [1.82, 2.24) is 9.47 Å². The maximum atomic E-state index is 2.82. The minimum absolute atomic E-state index is 0.172. The van der Waals surface area contributed by atoms with E-state index in [1.165, 1.54) is 61.7 Å². The highest BCUT2D eigenvalue weighted by Crippen LogP contribution is 2.47. The van der Waals surface area contributed by atoms with Crippen LogP contribution in [0.4, 0.5) is 0 Å². The molecule has 2 heteroatoms. The summed E-state index contributed by atoms with van der Waals surface area (Å²) in [6.45, 7) is 8.31. The van der Waals surface area contributed by atoms with Crippen LogP contribution >= 0.6 is 0 Å². The Hall–Kier alpha value is -2.06. The van der Waals surface area contributed by atoms with Gasteiger partial charge < -0.3 is 4.57 Å². The SMILES string of the molecule is CCC[C@@H]1CC[C@]2(C)c3c(c4ccccc4n3Cc3ccccc3)CCN2C1. The fourth-order valence-corrected chi connectivity index (χ4v) is 5.92. The molecule has 0 unspecified atom stereocenters. The Morgan fingerprint density at radius 3 is 2.64 bits per heavy atom. The molecule has 2 nitrogen and oxygen atoms in total. The van der Waals surface area contributed by atoms with E-state index >= 15 is 0 Å². The summed E-state index contributed by atoms with van der Waals surface area (Å²) in [6.07, 6.45) is 6.54. The molecular formula is C26H32N2. The predicted octanol–water partition coefficient (Wildman–Crippen LogP) is 5.97. The average molecular weight is 373 g/mol. The van der Waals surface area contributed by atoms with Crippen molar-refractivity contribution < 1.29 is 0 Å². The first-order valence-electron chi connectivity index (χ1n) is 11.1. The van der Waals surface area contributed by atoms with Gasteiger partial charge in [0.15, 0.2) is 0 Å². The molecule has 3 aromatic rings. The molecule has 0 aliphatic carbocycles. The van der Waals surface area contributed by atoms with Crippen molar-refractivity contribution in [2.75, 3.05) is 13.1 Å². The molecule has 0 spiro atoms. The zero-order chi connectivity index (χ0) is 19.1. The van der Waals surface area contributed by atoms with Crippen molar-refractivity contribution in [3.05, 3.63) is 71.4 Å². The lowest BCUT2D eigenvalue weighted by Gasteiger charge is -2.51. The van der Waals surface area contributed by atoms with Gasteiger partial charge in [0.05, 0.1) is 5.54 Å². The smallest absolute Gasteiger partial charge is 0.0588 e. The van der Waals surface area contributed by atoms with Crippen LogP contribution in [0.3, 0.4) is 0 Å². The second-order valence-corrected chi connectivity index (χ2v) is 9.08. The van der Waals surface area contributed by atoms with Crippen LogP contribution in [0.25, 0.3) is 10.9 Å². The number of benzene rings is 2. The molecule has 146 valence electrons. The van der Waals surface area contributed by atoms with Gasteiger partial charge in [-0.3, -0.25) is 4.90 Å². The van der Waals surface area contributed by atoms with E-state index in [0.29, 0.717) is 0 Å². The summed E-state index contributed by atoms with van der Waals surface area (Å²) in [5.41, 5.74) is 6.19. The lowest BCUT2D eigenvalue weighted by Crippen LogP contribution is -2.54. The third kappa shape index (κ3) is 2.81. The summed E-state index contributed by atoms with van der Waals surface area (Å²) in [4.78, 5) is 2.82. The minimum Gasteiger partial charge on any atom is -0.338 e. The fraction of sp³-hybridized carbons (Fsp3) is 0.462. The van der Waals surface area contributed by atoms with Crippen LogP contribution in [0, 0.1) is 5.92 Å². The van der Waals surface area contributed by atoms with E-state index in [-0.39, 0.29) is 5.54 Å². The third-order valence-corrected chi connectivity index (χ3v) is 7.31. The van der Waals surface area contributed by atoms with Crippen LogP contribution in [0.1, 0.15) is 56.4 Å². The summed E-state index contributed by atoms with van der Waals surface area (Å²) in [6, 6.07) is 20.1. The van der Waals surface area contributed by atoms with Crippen molar-refractivity contribution in [2.45, 2.75) is 58.0 Å². The molecule has 0 radical (unpaired) electrons. The monoisotopic (exact) mass is 372 g/mol. The number of fused-ring (bicyclic) bond motifs is 5. The molecule has 1 aromatic heterocycles. The van der Waals surface area contributed by atoms with Gasteiger partial charge in [-0.05, 0) is 55.7 Å². The molecule has 2 aliphatic heterocycles. The van der Waals surface area contributed by atoms with E-state index < -0.39 is 0 Å². The molecule has 3 heterocycles. The van der Waals surface area contributed by atoms with E-state index in [1.807, 2.05) is 0 Å². The molecule has 2 atom stereocenters. The summed E-state index contributed by atoms with van der Waals surface area (Å²) in [5.74, 6) is 0.881. The van der Waals surface area contributed by atoms with E-state index in [9.17, 15) is 0 Å². The second kappa shape index (κ2) is 7.08. The predicted molar refractivity (Wildman–Crippen MR) is 118 cm³/mol. The van der Waals surface area contributed by atoms with Crippen LogP contribution < -0.4 is 0 Å². The van der Waals surface area contributed by atoms with Crippen molar-refractivity contribution >= 4 is 10.9 Å². The molecular weight excluding hydrogens is 340 g/mol. The van der Waals surface area contributed by atoms with Crippen LogP contribution in [0.2, 0.25) is 0 Å². The van der Waals surface area contributed by atoms with Crippen molar-refractivity contribution in [3.8, 4) is 0 Å². The zero-order valence-electron chi connectivity index (χ0n) is 17.3. The molecule has 1 fully saturated rings. The standard InChI is InChI=1S/C26H32N2/c1-3-9-20-14-16-26(2)25-23(15-17-27(26)18-20)22-12-7-8-13-24(22)28(25)19-21-10-5-4-6-11-21/h4-8,10-13,20H,3,9,14-19H2,1-2H3/t20-,26-/m1/s1. The van der Waals surface area contributed by atoms with Gasteiger partial charge in [0.25, 0.3) is 0 Å². The first-order chi connectivity index (χ1) is 13.7. The molecule has 5 rings (SSSR count).